The van der Waals surface area contributed by atoms with Crippen molar-refractivity contribution in [1.82, 2.24) is 10.2 Å². The van der Waals surface area contributed by atoms with Gasteiger partial charge in [0.15, 0.2) is 0 Å². The van der Waals surface area contributed by atoms with Gasteiger partial charge < -0.3 is 15.0 Å². The number of para-hydroxylation sites is 1. The van der Waals surface area contributed by atoms with Crippen molar-refractivity contribution in [3.05, 3.63) is 119 Å². The molecule has 10 heteroatoms. The van der Waals surface area contributed by atoms with Crippen LogP contribution in [0.25, 0.3) is 0 Å². The predicted octanol–water partition coefficient (Wildman–Crippen LogP) is 6.58. The third-order valence-corrected chi connectivity index (χ3v) is 9.01. The van der Waals surface area contributed by atoms with E-state index in [4.69, 9.17) is 16.3 Å². The molecule has 0 spiro atoms. The molecular formula is C34H36ClN3O5S. The molecule has 0 saturated carbocycles. The van der Waals surface area contributed by atoms with Gasteiger partial charge in [0.2, 0.25) is 11.8 Å². The van der Waals surface area contributed by atoms with Crippen molar-refractivity contribution in [2.75, 3.05) is 17.4 Å². The van der Waals surface area contributed by atoms with E-state index in [2.05, 4.69) is 5.32 Å². The lowest BCUT2D eigenvalue weighted by molar-refractivity contribution is -0.139. The van der Waals surface area contributed by atoms with Crippen LogP contribution >= 0.6 is 11.6 Å². The number of ether oxygens (including phenoxy) is 1. The Morgan fingerprint density at radius 2 is 1.48 bits per heavy atom. The molecule has 8 nitrogen and oxygen atoms in total. The Balaban J connectivity index is 1.69. The highest BCUT2D eigenvalue weighted by Gasteiger charge is 2.32. The summed E-state index contributed by atoms with van der Waals surface area (Å²) in [5.41, 5.74) is 1.91. The van der Waals surface area contributed by atoms with Gasteiger partial charge in [-0.1, -0.05) is 66.6 Å². The van der Waals surface area contributed by atoms with Crippen LogP contribution in [0.2, 0.25) is 5.02 Å². The number of carbonyl (C=O) groups is 2. The van der Waals surface area contributed by atoms with Crippen LogP contribution < -0.4 is 14.4 Å². The Kier molecular flexibility index (Phi) is 11.0. The summed E-state index contributed by atoms with van der Waals surface area (Å²) in [6.07, 6.45) is 0.732. The van der Waals surface area contributed by atoms with Crippen LogP contribution in [0, 0.1) is 6.92 Å². The maximum atomic E-state index is 14.0. The van der Waals surface area contributed by atoms with E-state index in [-0.39, 0.29) is 23.0 Å². The number of hydrogen-bond acceptors (Lipinski definition) is 5. The van der Waals surface area contributed by atoms with E-state index in [9.17, 15) is 18.0 Å². The van der Waals surface area contributed by atoms with Gasteiger partial charge in [0, 0.05) is 18.1 Å². The van der Waals surface area contributed by atoms with Gasteiger partial charge in [-0.3, -0.25) is 13.9 Å². The van der Waals surface area contributed by atoms with Crippen molar-refractivity contribution in [2.24, 2.45) is 0 Å². The third-order valence-electron chi connectivity index (χ3n) is 6.97. The molecule has 0 fully saturated rings. The second kappa shape index (κ2) is 14.9. The van der Waals surface area contributed by atoms with Crippen molar-refractivity contribution in [3.8, 4) is 11.5 Å². The van der Waals surface area contributed by atoms with E-state index in [1.807, 2.05) is 44.2 Å². The van der Waals surface area contributed by atoms with Gasteiger partial charge in [-0.05, 0) is 86.5 Å². The Hall–Kier alpha value is -4.34. The number of hydrogen-bond donors (Lipinski definition) is 1. The molecule has 0 saturated heterocycles. The molecule has 0 radical (unpaired) electrons. The summed E-state index contributed by atoms with van der Waals surface area (Å²) in [4.78, 5) is 28.5. The number of carbonyl (C=O) groups excluding carboxylic acids is 2. The third kappa shape index (κ3) is 8.39. The zero-order chi connectivity index (χ0) is 31.7. The normalized spacial score (nSPS) is 11.8. The molecule has 0 aliphatic carbocycles. The van der Waals surface area contributed by atoms with Crippen LogP contribution in [-0.4, -0.2) is 44.3 Å². The van der Waals surface area contributed by atoms with Crippen LogP contribution in [0.1, 0.15) is 31.4 Å². The lowest BCUT2D eigenvalue weighted by Crippen LogP contribution is -2.51. The zero-order valence-electron chi connectivity index (χ0n) is 24.9. The van der Waals surface area contributed by atoms with Gasteiger partial charge in [-0.25, -0.2) is 8.42 Å². The quantitative estimate of drug-likeness (QED) is 0.179. The molecule has 230 valence electrons. The fraction of sp³-hybridized carbons (Fsp3) is 0.235. The lowest BCUT2D eigenvalue weighted by atomic mass is 10.1. The van der Waals surface area contributed by atoms with Crippen LogP contribution in [0.15, 0.2) is 108 Å². The summed E-state index contributed by atoms with van der Waals surface area (Å²) in [5.74, 6) is 0.265. The van der Waals surface area contributed by atoms with Crippen molar-refractivity contribution in [1.29, 1.82) is 0 Å². The van der Waals surface area contributed by atoms with Gasteiger partial charge in [0.05, 0.1) is 10.6 Å². The first-order valence-electron chi connectivity index (χ1n) is 14.3. The smallest absolute Gasteiger partial charge is 0.264 e. The first-order chi connectivity index (χ1) is 21.1. The van der Waals surface area contributed by atoms with E-state index in [0.717, 1.165) is 21.9 Å². The fourth-order valence-electron chi connectivity index (χ4n) is 4.44. The maximum Gasteiger partial charge on any atom is 0.264 e. The molecule has 44 heavy (non-hydrogen) atoms. The zero-order valence-corrected chi connectivity index (χ0v) is 26.5. The molecule has 2 amide bonds. The molecule has 1 N–H and O–H groups in total. The fourth-order valence-corrected chi connectivity index (χ4v) is 5.98. The summed E-state index contributed by atoms with van der Waals surface area (Å²) >= 11 is 6.07. The highest BCUT2D eigenvalue weighted by molar-refractivity contribution is 7.92. The molecule has 4 rings (SSSR count). The Bertz CT molecular complexity index is 1650. The number of anilines is 1. The summed E-state index contributed by atoms with van der Waals surface area (Å²) < 4.78 is 35.0. The van der Waals surface area contributed by atoms with Crippen molar-refractivity contribution < 1.29 is 22.7 Å². The Labute approximate surface area is 264 Å². The molecule has 0 aliphatic rings. The minimum Gasteiger partial charge on any atom is -0.457 e. The highest BCUT2D eigenvalue weighted by atomic mass is 35.5. The number of rotatable bonds is 13. The van der Waals surface area contributed by atoms with Gasteiger partial charge in [-0.15, -0.1) is 0 Å². The van der Waals surface area contributed by atoms with E-state index in [1.54, 1.807) is 67.6 Å². The molecule has 4 aromatic carbocycles. The van der Waals surface area contributed by atoms with Gasteiger partial charge in [-0.2, -0.15) is 0 Å². The van der Waals surface area contributed by atoms with Crippen molar-refractivity contribution in [2.45, 2.75) is 44.7 Å². The standard InChI is InChI=1S/C34H36ClN3O5S/c1-4-22-36-34(40)26(3)37(23-27-12-14-28(35)15-13-27)33(39)24-38(44(41,42)32-20-10-25(2)11-21-32)29-16-18-31(19-17-29)43-30-8-6-5-7-9-30/h5-21,26H,4,22-24H2,1-3H3,(H,36,40)/t26-/m0/s1. The van der Waals surface area contributed by atoms with E-state index in [0.29, 0.717) is 23.1 Å². The average Bonchev–Trinajstić information content (AvgIpc) is 3.03. The summed E-state index contributed by atoms with van der Waals surface area (Å²) in [6, 6.07) is 28.2. The lowest BCUT2D eigenvalue weighted by Gasteiger charge is -2.32. The monoisotopic (exact) mass is 633 g/mol. The Morgan fingerprint density at radius 3 is 2.09 bits per heavy atom. The first kappa shape index (κ1) is 32.6. The van der Waals surface area contributed by atoms with Crippen LogP contribution in [-0.2, 0) is 26.2 Å². The minimum absolute atomic E-state index is 0.0403. The SMILES string of the molecule is CCCNC(=O)[C@H](C)N(Cc1ccc(Cl)cc1)C(=O)CN(c1ccc(Oc2ccccc2)cc1)S(=O)(=O)c1ccc(C)cc1. The van der Waals surface area contributed by atoms with Gasteiger partial charge in [0.25, 0.3) is 10.0 Å². The molecular weight excluding hydrogens is 598 g/mol. The molecule has 0 heterocycles. The largest absolute Gasteiger partial charge is 0.457 e. The average molecular weight is 634 g/mol. The minimum atomic E-state index is -4.18. The van der Waals surface area contributed by atoms with E-state index in [1.165, 1.54) is 17.0 Å². The van der Waals surface area contributed by atoms with Crippen LogP contribution in [0.5, 0.6) is 11.5 Å². The van der Waals surface area contributed by atoms with E-state index < -0.39 is 28.5 Å². The van der Waals surface area contributed by atoms with Crippen LogP contribution in [0.4, 0.5) is 5.69 Å². The topological polar surface area (TPSA) is 96.0 Å². The molecule has 0 bridgehead atoms. The molecule has 0 aliphatic heterocycles. The number of nitrogens with one attached hydrogen (secondary N) is 1. The number of amides is 2. The number of halogens is 1. The van der Waals surface area contributed by atoms with Crippen molar-refractivity contribution in [3.63, 3.8) is 0 Å². The number of sulfonamides is 1. The Morgan fingerprint density at radius 1 is 0.864 bits per heavy atom. The summed E-state index contributed by atoms with van der Waals surface area (Å²) in [7, 11) is -4.18. The molecule has 0 aromatic heterocycles. The van der Waals surface area contributed by atoms with E-state index >= 15 is 0 Å². The number of nitrogens with zero attached hydrogens (tertiary/aromatic N) is 2. The van der Waals surface area contributed by atoms with Crippen molar-refractivity contribution >= 4 is 39.1 Å². The molecule has 4 aromatic rings. The molecule has 0 unspecified atom stereocenters. The maximum absolute atomic E-state index is 14.0. The first-order valence-corrected chi connectivity index (χ1v) is 16.1. The molecule has 1 atom stereocenters. The highest BCUT2D eigenvalue weighted by Crippen LogP contribution is 2.29. The van der Waals surface area contributed by atoms with Gasteiger partial charge >= 0.3 is 0 Å². The second-order valence-corrected chi connectivity index (χ2v) is 12.6. The summed E-state index contributed by atoms with van der Waals surface area (Å²) in [6.45, 7) is 5.44. The van der Waals surface area contributed by atoms with Crippen LogP contribution in [0.3, 0.4) is 0 Å². The second-order valence-electron chi connectivity index (χ2n) is 10.3. The summed E-state index contributed by atoms with van der Waals surface area (Å²) in [5, 5.41) is 3.37. The number of benzene rings is 4. The van der Waals surface area contributed by atoms with Gasteiger partial charge in [0.1, 0.15) is 24.1 Å². The number of aryl methyl sites for hydroxylation is 1. The predicted molar refractivity (Wildman–Crippen MR) is 173 cm³/mol.